The molecule has 2 amide bonds. The molecule has 0 bridgehead atoms. The number of aliphatic imine (C=N–C) groups is 1. The van der Waals surface area contributed by atoms with Crippen molar-refractivity contribution in [2.45, 2.75) is 6.42 Å². The van der Waals surface area contributed by atoms with Crippen molar-refractivity contribution in [3.8, 4) is 0 Å². The first kappa shape index (κ1) is 21.9. The number of nitro benzene ring substituents is 3. The van der Waals surface area contributed by atoms with Gasteiger partial charge in [-0.3, -0.25) is 35.2 Å². The molecule has 0 saturated carbocycles. The van der Waals surface area contributed by atoms with Crippen molar-refractivity contribution in [3.63, 3.8) is 0 Å². The molecule has 1 aliphatic heterocycles. The zero-order chi connectivity index (χ0) is 23.3. The molecule has 0 aromatic heterocycles. The average molecular weight is 444 g/mol. The first-order valence-corrected chi connectivity index (χ1v) is 8.90. The van der Waals surface area contributed by atoms with Crippen molar-refractivity contribution < 1.29 is 29.1 Å². The van der Waals surface area contributed by atoms with Gasteiger partial charge >= 0.3 is 23.3 Å². The number of carbonyl (C=O) groups excluding carboxylic acids is 1. The van der Waals surface area contributed by atoms with Crippen LogP contribution in [0, 0.1) is 30.3 Å². The van der Waals surface area contributed by atoms with Gasteiger partial charge in [0.15, 0.2) is 11.8 Å². The van der Waals surface area contributed by atoms with Gasteiger partial charge in [0.05, 0.1) is 14.8 Å². The van der Waals surface area contributed by atoms with Gasteiger partial charge in [-0.05, 0) is 11.6 Å². The molecule has 3 rings (SSSR count). The molecule has 0 aliphatic carbocycles. The zero-order valence-electron chi connectivity index (χ0n) is 16.1. The van der Waals surface area contributed by atoms with Crippen molar-refractivity contribution in [1.29, 1.82) is 0 Å². The van der Waals surface area contributed by atoms with E-state index in [1.165, 1.54) is 16.8 Å². The minimum Gasteiger partial charge on any atom is -0.306 e. The normalized spacial score (nSPS) is 13.9. The highest BCUT2D eigenvalue weighted by Crippen LogP contribution is 2.29. The molecule has 2 aromatic rings. The van der Waals surface area contributed by atoms with Gasteiger partial charge in [-0.25, -0.2) is 4.79 Å². The molecule has 1 heterocycles. The summed E-state index contributed by atoms with van der Waals surface area (Å²) in [6, 6.07) is 8.03. The van der Waals surface area contributed by atoms with Gasteiger partial charge in [-0.15, -0.1) is 0 Å². The van der Waals surface area contributed by atoms with Gasteiger partial charge in [-0.2, -0.15) is 4.99 Å². The van der Waals surface area contributed by atoms with E-state index in [0.717, 1.165) is 23.8 Å². The highest BCUT2D eigenvalue weighted by Gasteiger charge is 2.26. The van der Waals surface area contributed by atoms with E-state index in [4.69, 9.17) is 4.84 Å². The molecule has 0 spiro atoms. The summed E-state index contributed by atoms with van der Waals surface area (Å²) >= 11 is 0. The van der Waals surface area contributed by atoms with Gasteiger partial charge in [0, 0.05) is 36.4 Å². The van der Waals surface area contributed by atoms with Gasteiger partial charge in [0.2, 0.25) is 6.54 Å². The Bertz CT molecular complexity index is 1160. The molecule has 0 atom stereocenters. The van der Waals surface area contributed by atoms with E-state index < -0.39 is 32.2 Å². The Kier molecular flexibility index (Phi) is 6.38. The first-order valence-electron chi connectivity index (χ1n) is 8.90. The van der Waals surface area contributed by atoms with Crippen LogP contribution in [0.1, 0.15) is 5.56 Å². The lowest BCUT2D eigenvalue weighted by atomic mass is 10.1. The minimum atomic E-state index is -0.929. The van der Waals surface area contributed by atoms with Crippen molar-refractivity contribution in [3.05, 3.63) is 78.4 Å². The third kappa shape index (κ3) is 5.41. The van der Waals surface area contributed by atoms with E-state index in [9.17, 15) is 35.1 Å². The molecule has 164 valence electrons. The molecule has 2 aromatic carbocycles. The Morgan fingerprint density at radius 2 is 1.72 bits per heavy atom. The molecule has 0 radical (unpaired) electrons. The number of nitrogens with one attached hydrogen (secondary N) is 1. The number of hydrogen-bond donors (Lipinski definition) is 1. The Morgan fingerprint density at radius 1 is 1.03 bits per heavy atom. The molecular weight excluding hydrogens is 430 g/mol. The summed E-state index contributed by atoms with van der Waals surface area (Å²) in [6.45, 7) is 0.480. The summed E-state index contributed by atoms with van der Waals surface area (Å²) in [5.74, 6) is -0.0254. The second-order valence-electron chi connectivity index (χ2n) is 6.39. The summed E-state index contributed by atoms with van der Waals surface area (Å²) in [6.07, 6.45) is 0.511. The van der Waals surface area contributed by atoms with Crippen LogP contribution in [0.15, 0.2) is 52.7 Å². The predicted molar refractivity (Wildman–Crippen MR) is 107 cm³/mol. The lowest BCUT2D eigenvalue weighted by Gasteiger charge is -2.02. The summed E-state index contributed by atoms with van der Waals surface area (Å²) in [7, 11) is 0. The number of non-ortho nitro benzene ring substituents is 1. The SMILES string of the molecule is O=C(/N=C1\C[N+](CCc2ccc([N+](=O)[O-])cc2)=NO1)Nc1ccc([N+](=O)[O-])c([N+](=O)[O-])c1. The van der Waals surface area contributed by atoms with E-state index >= 15 is 0 Å². The van der Waals surface area contributed by atoms with E-state index in [1.807, 2.05) is 0 Å². The molecule has 1 N–H and O–H groups in total. The number of nitrogens with zero attached hydrogens (tertiary/aromatic N) is 6. The minimum absolute atomic E-state index is 0.0123. The summed E-state index contributed by atoms with van der Waals surface area (Å²) < 4.78 is 1.49. The average Bonchev–Trinajstić information content (AvgIpc) is 3.19. The van der Waals surface area contributed by atoms with Crippen molar-refractivity contribution in [2.75, 3.05) is 18.4 Å². The monoisotopic (exact) mass is 444 g/mol. The number of carbonyl (C=O) groups is 1. The summed E-state index contributed by atoms with van der Waals surface area (Å²) in [4.78, 5) is 50.9. The predicted octanol–water partition coefficient (Wildman–Crippen LogP) is 2.99. The topological polar surface area (TPSA) is 195 Å². The van der Waals surface area contributed by atoms with Crippen LogP contribution in [0.25, 0.3) is 0 Å². The molecule has 1 aliphatic rings. The van der Waals surface area contributed by atoms with E-state index in [1.54, 1.807) is 12.1 Å². The first-order chi connectivity index (χ1) is 15.2. The third-order valence-electron chi connectivity index (χ3n) is 4.23. The van der Waals surface area contributed by atoms with Gasteiger partial charge in [0.25, 0.3) is 5.69 Å². The van der Waals surface area contributed by atoms with E-state index in [2.05, 4.69) is 15.6 Å². The molecule has 0 saturated heterocycles. The Morgan fingerprint density at radius 3 is 2.34 bits per heavy atom. The second kappa shape index (κ2) is 9.33. The van der Waals surface area contributed by atoms with Gasteiger partial charge in [0.1, 0.15) is 0 Å². The number of anilines is 1. The lowest BCUT2D eigenvalue weighted by molar-refractivity contribution is -0.585. The van der Waals surface area contributed by atoms with E-state index in [-0.39, 0.29) is 23.8 Å². The number of hydrogen-bond acceptors (Lipinski definition) is 9. The highest BCUT2D eigenvalue weighted by atomic mass is 16.7. The smallest absolute Gasteiger partial charge is 0.306 e. The lowest BCUT2D eigenvalue weighted by Crippen LogP contribution is -2.17. The van der Waals surface area contributed by atoms with Gasteiger partial charge < -0.3 is 5.32 Å². The highest BCUT2D eigenvalue weighted by molar-refractivity contribution is 5.98. The quantitative estimate of drug-likeness (QED) is 0.382. The maximum atomic E-state index is 12.0. The van der Waals surface area contributed by atoms with Crippen LogP contribution < -0.4 is 5.32 Å². The second-order valence-corrected chi connectivity index (χ2v) is 6.39. The number of benzene rings is 2. The molecule has 0 fully saturated rings. The van der Waals surface area contributed by atoms with Crippen molar-refractivity contribution >= 4 is 34.7 Å². The Balaban J connectivity index is 1.55. The van der Waals surface area contributed by atoms with Gasteiger partial charge in [-0.1, -0.05) is 16.8 Å². The third-order valence-corrected chi connectivity index (χ3v) is 4.23. The van der Waals surface area contributed by atoms with Crippen LogP contribution >= 0.6 is 0 Å². The fourth-order valence-electron chi connectivity index (χ4n) is 2.70. The fraction of sp³-hybridized carbons (Fsp3) is 0.176. The van der Waals surface area contributed by atoms with E-state index in [0.29, 0.717) is 13.0 Å². The van der Waals surface area contributed by atoms with Crippen LogP contribution in [0.5, 0.6) is 0 Å². The summed E-state index contributed by atoms with van der Waals surface area (Å²) in [5, 5.41) is 38.5. The Hall–Kier alpha value is -4.82. The largest absolute Gasteiger partial charge is 0.348 e. The van der Waals surface area contributed by atoms with Crippen LogP contribution in [-0.2, 0) is 11.3 Å². The zero-order valence-corrected chi connectivity index (χ0v) is 16.1. The number of nitro groups is 3. The molecule has 32 heavy (non-hydrogen) atoms. The molecule has 15 heteroatoms. The Labute approximate surface area is 178 Å². The summed E-state index contributed by atoms with van der Waals surface area (Å²) in [5.41, 5.74) is -0.706. The van der Waals surface area contributed by atoms with Crippen LogP contribution in [0.4, 0.5) is 27.5 Å². The maximum absolute atomic E-state index is 12.0. The van der Waals surface area contributed by atoms with Crippen LogP contribution in [-0.4, -0.2) is 44.5 Å². The number of urea groups is 1. The molecule has 15 nitrogen and oxygen atoms in total. The van der Waals surface area contributed by atoms with Crippen molar-refractivity contribution in [2.24, 2.45) is 10.3 Å². The fourth-order valence-corrected chi connectivity index (χ4v) is 2.70. The molecule has 0 unspecified atom stereocenters. The number of amides is 2. The standard InChI is InChI=1S/C17H13N7O8/c25-17(18-12-3-6-14(23(28)29)15(9-12)24(30)31)19-16-10-21(20-32-16)8-7-11-1-4-13(5-2-11)22(26)27/h1-6,9H,7-8,10H2/p+1/b19-16+. The van der Waals surface area contributed by atoms with Crippen LogP contribution in [0.2, 0.25) is 0 Å². The maximum Gasteiger partial charge on any atom is 0.348 e. The number of rotatable bonds is 7. The molecular formula is C17H14N7O8+. The van der Waals surface area contributed by atoms with Crippen molar-refractivity contribution in [1.82, 2.24) is 0 Å². The van der Waals surface area contributed by atoms with Crippen LogP contribution in [0.3, 0.4) is 0 Å².